The topological polar surface area (TPSA) is 80.5 Å². The monoisotopic (exact) mass is 464 g/mol. The summed E-state index contributed by atoms with van der Waals surface area (Å²) >= 11 is 1.01. The van der Waals surface area contributed by atoms with Gasteiger partial charge in [-0.05, 0) is 43.4 Å². The second-order valence-electron chi connectivity index (χ2n) is 7.63. The second kappa shape index (κ2) is 9.23. The van der Waals surface area contributed by atoms with Crippen molar-refractivity contribution in [1.29, 1.82) is 0 Å². The van der Waals surface area contributed by atoms with E-state index < -0.39 is 23.4 Å². The Hall–Kier alpha value is -3.01. The van der Waals surface area contributed by atoms with Crippen LogP contribution in [0.3, 0.4) is 0 Å². The van der Waals surface area contributed by atoms with Gasteiger partial charge in [-0.1, -0.05) is 0 Å². The molecule has 0 spiro atoms. The van der Waals surface area contributed by atoms with Crippen molar-refractivity contribution in [2.45, 2.75) is 25.7 Å². The second-order valence-corrected chi connectivity index (χ2v) is 8.62. The number of piperidine rings is 1. The van der Waals surface area contributed by atoms with Gasteiger partial charge in [-0.2, -0.15) is 4.98 Å². The van der Waals surface area contributed by atoms with E-state index in [0.29, 0.717) is 23.3 Å². The summed E-state index contributed by atoms with van der Waals surface area (Å²) in [5.74, 6) is -2.33. The number of nitrogen functional groups attached to an aromatic ring is 1. The molecule has 1 aromatic carbocycles. The van der Waals surface area contributed by atoms with Crippen molar-refractivity contribution in [2.75, 3.05) is 37.4 Å². The van der Waals surface area contributed by atoms with E-state index in [0.717, 1.165) is 30.6 Å². The molecule has 2 aromatic heterocycles. The van der Waals surface area contributed by atoms with Crippen LogP contribution in [0.2, 0.25) is 0 Å². The van der Waals surface area contributed by atoms with Crippen LogP contribution in [0.25, 0.3) is 10.2 Å². The highest BCUT2D eigenvalue weighted by atomic mass is 32.1. The van der Waals surface area contributed by atoms with Crippen LogP contribution in [-0.4, -0.2) is 37.6 Å². The number of halogens is 3. The van der Waals surface area contributed by atoms with E-state index >= 15 is 0 Å². The maximum atomic E-state index is 14.6. The molecule has 1 fully saturated rings. The number of nitrogens with two attached hydrogens (primary N) is 1. The smallest absolute Gasteiger partial charge is 0.263 e. The first kappa shape index (κ1) is 22.2. The zero-order valence-corrected chi connectivity index (χ0v) is 18.3. The number of hydrogen-bond acceptors (Lipinski definition) is 6. The summed E-state index contributed by atoms with van der Waals surface area (Å²) in [4.78, 5) is 19.0. The number of benzene rings is 1. The molecule has 0 aliphatic carbocycles. The third kappa shape index (κ3) is 4.32. The van der Waals surface area contributed by atoms with Crippen molar-refractivity contribution < 1.29 is 22.7 Å². The average Bonchev–Trinajstić information content (AvgIpc) is 3.11. The minimum absolute atomic E-state index is 0.0804. The number of carbonyl (C=O) groups is 1. The lowest BCUT2D eigenvalue weighted by atomic mass is 10.1. The summed E-state index contributed by atoms with van der Waals surface area (Å²) in [5.41, 5.74) is 6.58. The first-order valence-electron chi connectivity index (χ1n) is 10.3. The van der Waals surface area contributed by atoms with Crippen LogP contribution in [0.15, 0.2) is 18.2 Å². The number of amides is 1. The largest absolute Gasteiger partial charge is 0.479 e. The van der Waals surface area contributed by atoms with E-state index in [1.165, 1.54) is 25.3 Å². The predicted molar refractivity (Wildman–Crippen MR) is 119 cm³/mol. The van der Waals surface area contributed by atoms with E-state index in [9.17, 15) is 18.0 Å². The number of rotatable bonds is 6. The third-order valence-corrected chi connectivity index (χ3v) is 6.65. The highest BCUT2D eigenvalue weighted by Crippen LogP contribution is 2.35. The number of carbonyl (C=O) groups excluding carboxylic acids is 1. The van der Waals surface area contributed by atoms with Crippen LogP contribution in [0.4, 0.5) is 24.5 Å². The fourth-order valence-electron chi connectivity index (χ4n) is 3.85. The summed E-state index contributed by atoms with van der Waals surface area (Å²) in [6.07, 6.45) is 3.14. The SMILES string of the molecule is COc1nc2sc(C(=O)NCCc3cc(F)c(N4CCCCC4)cc3F)c(N)c2cc1F. The molecule has 6 nitrogen and oxygen atoms in total. The molecular weight excluding hydrogens is 441 g/mol. The summed E-state index contributed by atoms with van der Waals surface area (Å²) in [5, 5.41) is 2.98. The van der Waals surface area contributed by atoms with Crippen molar-refractivity contribution in [3.63, 3.8) is 0 Å². The fourth-order valence-corrected chi connectivity index (χ4v) is 4.84. The number of nitrogens with zero attached hydrogens (tertiary/aromatic N) is 2. The predicted octanol–water partition coefficient (Wildman–Crippen LogP) is 4.27. The minimum Gasteiger partial charge on any atom is -0.479 e. The molecule has 1 aliphatic rings. The number of hydrogen-bond donors (Lipinski definition) is 2. The Balaban J connectivity index is 1.44. The Kier molecular flexibility index (Phi) is 6.40. The Morgan fingerprint density at radius 2 is 1.91 bits per heavy atom. The average molecular weight is 465 g/mol. The van der Waals surface area contributed by atoms with Gasteiger partial charge in [0.2, 0.25) is 0 Å². The Labute approximate surface area is 187 Å². The molecule has 1 aliphatic heterocycles. The van der Waals surface area contributed by atoms with Gasteiger partial charge in [0.15, 0.2) is 5.82 Å². The Morgan fingerprint density at radius 1 is 1.16 bits per heavy atom. The van der Waals surface area contributed by atoms with Crippen LogP contribution in [-0.2, 0) is 6.42 Å². The number of nitrogens with one attached hydrogen (secondary N) is 1. The maximum Gasteiger partial charge on any atom is 0.263 e. The number of aromatic nitrogens is 1. The van der Waals surface area contributed by atoms with Crippen molar-refractivity contribution in [3.05, 3.63) is 46.1 Å². The van der Waals surface area contributed by atoms with Gasteiger partial charge >= 0.3 is 0 Å². The van der Waals surface area contributed by atoms with Gasteiger partial charge in [-0.3, -0.25) is 4.79 Å². The molecule has 0 bridgehead atoms. The lowest BCUT2D eigenvalue weighted by Gasteiger charge is -2.29. The van der Waals surface area contributed by atoms with E-state index in [2.05, 4.69) is 10.3 Å². The number of methoxy groups -OCH3 is 1. The van der Waals surface area contributed by atoms with Gasteiger partial charge < -0.3 is 20.7 Å². The highest BCUT2D eigenvalue weighted by molar-refractivity contribution is 7.21. The quantitative estimate of drug-likeness (QED) is 0.570. The van der Waals surface area contributed by atoms with Crippen LogP contribution in [0, 0.1) is 17.5 Å². The molecule has 1 amide bonds. The lowest BCUT2D eigenvalue weighted by Crippen LogP contribution is -2.30. The lowest BCUT2D eigenvalue weighted by molar-refractivity contribution is 0.0959. The summed E-state index contributed by atoms with van der Waals surface area (Å²) < 4.78 is 47.9. The summed E-state index contributed by atoms with van der Waals surface area (Å²) in [7, 11) is 1.29. The Morgan fingerprint density at radius 3 is 2.62 bits per heavy atom. The van der Waals surface area contributed by atoms with E-state index in [4.69, 9.17) is 10.5 Å². The molecule has 3 heterocycles. The molecule has 10 heteroatoms. The molecule has 3 N–H and O–H groups in total. The van der Waals surface area contributed by atoms with Gasteiger partial charge in [0.25, 0.3) is 11.8 Å². The maximum absolute atomic E-state index is 14.6. The van der Waals surface area contributed by atoms with Crippen LogP contribution >= 0.6 is 11.3 Å². The molecule has 32 heavy (non-hydrogen) atoms. The molecule has 0 atom stereocenters. The number of anilines is 2. The fraction of sp³-hybridized carbons (Fsp3) is 0.364. The molecule has 3 aromatic rings. The standard InChI is InChI=1S/C22H23F3N4O2S/c1-31-21-16(25)10-13-18(26)19(32-22(13)28-21)20(30)27-6-5-12-9-15(24)17(11-14(12)23)29-7-3-2-4-8-29/h9-11H,2-8,26H2,1H3,(H,27,30). The Bertz CT molecular complexity index is 1160. The van der Waals surface area contributed by atoms with E-state index in [1.54, 1.807) is 0 Å². The van der Waals surface area contributed by atoms with Crippen LogP contribution < -0.4 is 20.7 Å². The third-order valence-electron chi connectivity index (χ3n) is 5.53. The molecule has 0 unspecified atom stereocenters. The highest BCUT2D eigenvalue weighted by Gasteiger charge is 2.21. The van der Waals surface area contributed by atoms with Gasteiger partial charge in [0.05, 0.1) is 18.5 Å². The minimum atomic E-state index is -0.679. The molecule has 1 saturated heterocycles. The van der Waals surface area contributed by atoms with Crippen molar-refractivity contribution in [1.82, 2.24) is 10.3 Å². The molecular formula is C22H23F3N4O2S. The number of pyridine rings is 1. The van der Waals surface area contributed by atoms with E-state index in [-0.39, 0.29) is 40.7 Å². The van der Waals surface area contributed by atoms with Crippen molar-refractivity contribution in [2.24, 2.45) is 0 Å². The first-order chi connectivity index (χ1) is 15.4. The van der Waals surface area contributed by atoms with Gasteiger partial charge in [0.1, 0.15) is 21.3 Å². The first-order valence-corrected chi connectivity index (χ1v) is 11.1. The molecule has 0 saturated carbocycles. The zero-order chi connectivity index (χ0) is 22.8. The molecule has 170 valence electrons. The number of thiophene rings is 1. The van der Waals surface area contributed by atoms with Gasteiger partial charge in [0, 0.05) is 31.1 Å². The number of ether oxygens (including phenoxy) is 1. The van der Waals surface area contributed by atoms with Gasteiger partial charge in [-0.15, -0.1) is 11.3 Å². The normalized spacial score (nSPS) is 14.1. The summed E-state index contributed by atoms with van der Waals surface area (Å²) in [6.45, 7) is 1.51. The number of fused-ring (bicyclic) bond motifs is 1. The van der Waals surface area contributed by atoms with E-state index in [1.807, 2.05) is 4.90 Å². The van der Waals surface area contributed by atoms with Crippen molar-refractivity contribution >= 4 is 38.8 Å². The van der Waals surface area contributed by atoms with Crippen LogP contribution in [0.1, 0.15) is 34.5 Å². The summed E-state index contributed by atoms with van der Waals surface area (Å²) in [6, 6.07) is 3.60. The van der Waals surface area contributed by atoms with Gasteiger partial charge in [-0.25, -0.2) is 13.2 Å². The van der Waals surface area contributed by atoms with Crippen LogP contribution in [0.5, 0.6) is 5.88 Å². The molecule has 4 rings (SSSR count). The molecule has 0 radical (unpaired) electrons. The zero-order valence-electron chi connectivity index (χ0n) is 17.5. The van der Waals surface area contributed by atoms with Crippen molar-refractivity contribution in [3.8, 4) is 5.88 Å².